The van der Waals surface area contributed by atoms with Gasteiger partial charge in [0.2, 0.25) is 17.7 Å². The van der Waals surface area contributed by atoms with Crippen LogP contribution < -0.4 is 5.32 Å². The molecule has 2 fully saturated rings. The highest BCUT2D eigenvalue weighted by atomic mass is 16.2. The lowest BCUT2D eigenvalue weighted by atomic mass is 9.81. The number of hydrogen-bond donors (Lipinski definition) is 1. The standard InChI is InChI=1S/C19H26N4O3/c1-22-16-8-4-7-15(14(16)11-20-22)21-17(24)9-10-23-18(25)12-5-2-3-6-13(12)19(23)26/h11-13,15H,2-10H2,1H3,(H,21,24). The Bertz CT molecular complexity index is 717. The third kappa shape index (κ3) is 2.93. The molecular formula is C19H26N4O3. The van der Waals surface area contributed by atoms with Gasteiger partial charge in [-0.1, -0.05) is 12.8 Å². The number of carbonyl (C=O) groups is 3. The highest BCUT2D eigenvalue weighted by molar-refractivity contribution is 6.05. The molecule has 3 atom stereocenters. The predicted octanol–water partition coefficient (Wildman–Crippen LogP) is 1.48. The van der Waals surface area contributed by atoms with Crippen LogP contribution in [-0.2, 0) is 27.9 Å². The molecule has 3 amide bonds. The molecular weight excluding hydrogens is 332 g/mol. The molecule has 1 N–H and O–H groups in total. The Hall–Kier alpha value is -2.18. The van der Waals surface area contributed by atoms with Crippen LogP contribution in [0.2, 0.25) is 0 Å². The molecule has 1 aromatic heterocycles. The minimum atomic E-state index is -0.143. The second kappa shape index (κ2) is 6.85. The summed E-state index contributed by atoms with van der Waals surface area (Å²) >= 11 is 0. The predicted molar refractivity (Wildman–Crippen MR) is 93.8 cm³/mol. The number of rotatable bonds is 4. The van der Waals surface area contributed by atoms with Crippen LogP contribution >= 0.6 is 0 Å². The van der Waals surface area contributed by atoms with Crippen molar-refractivity contribution >= 4 is 17.7 Å². The largest absolute Gasteiger partial charge is 0.349 e. The first-order valence-corrected chi connectivity index (χ1v) is 9.71. The summed E-state index contributed by atoms with van der Waals surface area (Å²) in [5.74, 6) is -0.534. The summed E-state index contributed by atoms with van der Waals surface area (Å²) in [7, 11) is 1.92. The van der Waals surface area contributed by atoms with E-state index >= 15 is 0 Å². The van der Waals surface area contributed by atoms with Crippen molar-refractivity contribution in [3.8, 4) is 0 Å². The number of likely N-dealkylation sites (tertiary alicyclic amines) is 1. The van der Waals surface area contributed by atoms with Crippen molar-refractivity contribution in [1.82, 2.24) is 20.0 Å². The minimum Gasteiger partial charge on any atom is -0.349 e. The Balaban J connectivity index is 1.35. The van der Waals surface area contributed by atoms with Gasteiger partial charge in [0.1, 0.15) is 0 Å². The summed E-state index contributed by atoms with van der Waals surface area (Å²) < 4.78 is 1.87. The van der Waals surface area contributed by atoms with Gasteiger partial charge in [-0.25, -0.2) is 0 Å². The minimum absolute atomic E-state index is 0.0208. The molecule has 3 aliphatic rings. The van der Waals surface area contributed by atoms with E-state index < -0.39 is 0 Å². The number of fused-ring (bicyclic) bond motifs is 2. The molecule has 0 radical (unpaired) electrons. The van der Waals surface area contributed by atoms with Crippen molar-refractivity contribution in [1.29, 1.82) is 0 Å². The van der Waals surface area contributed by atoms with E-state index in [-0.39, 0.29) is 48.6 Å². The Labute approximate surface area is 153 Å². The average molecular weight is 358 g/mol. The summed E-state index contributed by atoms with van der Waals surface area (Å²) in [6.07, 6.45) is 8.55. The maximum Gasteiger partial charge on any atom is 0.233 e. The molecule has 7 nitrogen and oxygen atoms in total. The zero-order valence-corrected chi connectivity index (χ0v) is 15.2. The molecule has 0 bridgehead atoms. The second-order valence-corrected chi connectivity index (χ2v) is 7.76. The molecule has 2 aliphatic carbocycles. The van der Waals surface area contributed by atoms with Gasteiger partial charge >= 0.3 is 0 Å². The van der Waals surface area contributed by atoms with E-state index in [1.54, 1.807) is 0 Å². The summed E-state index contributed by atoms with van der Waals surface area (Å²) in [6, 6.07) is -0.0208. The Morgan fingerprint density at radius 3 is 2.54 bits per heavy atom. The Kier molecular flexibility index (Phi) is 4.54. The fourth-order valence-corrected chi connectivity index (χ4v) is 4.79. The first-order valence-electron chi connectivity index (χ1n) is 9.71. The highest BCUT2D eigenvalue weighted by Crippen LogP contribution is 2.38. The molecule has 0 aromatic carbocycles. The monoisotopic (exact) mass is 358 g/mol. The number of imide groups is 1. The van der Waals surface area contributed by atoms with E-state index in [1.807, 2.05) is 17.9 Å². The smallest absolute Gasteiger partial charge is 0.233 e. The Morgan fingerprint density at radius 1 is 1.15 bits per heavy atom. The van der Waals surface area contributed by atoms with E-state index in [0.717, 1.165) is 50.5 Å². The van der Waals surface area contributed by atoms with Crippen LogP contribution in [0.25, 0.3) is 0 Å². The molecule has 1 saturated heterocycles. The lowest BCUT2D eigenvalue weighted by Crippen LogP contribution is -2.37. The normalized spacial score (nSPS) is 28.0. The van der Waals surface area contributed by atoms with Crippen LogP contribution in [0, 0.1) is 11.8 Å². The van der Waals surface area contributed by atoms with E-state index in [2.05, 4.69) is 10.4 Å². The summed E-state index contributed by atoms with van der Waals surface area (Å²) in [6.45, 7) is 0.198. The topological polar surface area (TPSA) is 84.3 Å². The molecule has 26 heavy (non-hydrogen) atoms. The van der Waals surface area contributed by atoms with Crippen LogP contribution in [0.15, 0.2) is 6.20 Å². The van der Waals surface area contributed by atoms with Gasteiger partial charge in [-0.2, -0.15) is 5.10 Å². The first kappa shape index (κ1) is 17.2. The molecule has 1 saturated carbocycles. The number of aryl methyl sites for hydroxylation is 1. The number of aromatic nitrogens is 2. The number of hydrogen-bond acceptors (Lipinski definition) is 4. The van der Waals surface area contributed by atoms with Gasteiger partial charge in [0.25, 0.3) is 0 Å². The quantitative estimate of drug-likeness (QED) is 0.826. The summed E-state index contributed by atoms with van der Waals surface area (Å²) in [5, 5.41) is 7.36. The van der Waals surface area contributed by atoms with Gasteiger partial charge in [-0.15, -0.1) is 0 Å². The second-order valence-electron chi connectivity index (χ2n) is 7.76. The van der Waals surface area contributed by atoms with E-state index in [0.29, 0.717) is 0 Å². The van der Waals surface area contributed by atoms with Crippen molar-refractivity contribution in [2.45, 2.75) is 57.4 Å². The molecule has 7 heteroatoms. The van der Waals surface area contributed by atoms with Crippen LogP contribution in [0.1, 0.15) is 62.2 Å². The van der Waals surface area contributed by atoms with Crippen LogP contribution in [0.5, 0.6) is 0 Å². The lowest BCUT2D eigenvalue weighted by Gasteiger charge is -2.24. The van der Waals surface area contributed by atoms with Gasteiger partial charge in [-0.3, -0.25) is 24.0 Å². The van der Waals surface area contributed by atoms with Crippen LogP contribution in [0.3, 0.4) is 0 Å². The van der Waals surface area contributed by atoms with E-state index in [1.165, 1.54) is 10.6 Å². The van der Waals surface area contributed by atoms with Crippen molar-refractivity contribution in [2.24, 2.45) is 18.9 Å². The number of amides is 3. The van der Waals surface area contributed by atoms with Gasteiger partial charge < -0.3 is 5.32 Å². The first-order chi connectivity index (χ1) is 12.6. The fraction of sp³-hybridized carbons (Fsp3) is 0.684. The molecule has 0 spiro atoms. The third-order valence-electron chi connectivity index (χ3n) is 6.21. The molecule has 1 aromatic rings. The van der Waals surface area contributed by atoms with Crippen molar-refractivity contribution < 1.29 is 14.4 Å². The summed E-state index contributed by atoms with van der Waals surface area (Å²) in [5.41, 5.74) is 2.27. The van der Waals surface area contributed by atoms with Gasteiger partial charge in [0.05, 0.1) is 24.1 Å². The number of nitrogens with one attached hydrogen (secondary N) is 1. The number of carbonyl (C=O) groups excluding carboxylic acids is 3. The fourth-order valence-electron chi connectivity index (χ4n) is 4.79. The zero-order valence-electron chi connectivity index (χ0n) is 15.2. The zero-order chi connectivity index (χ0) is 18.3. The average Bonchev–Trinajstić information content (AvgIpc) is 3.14. The number of nitrogens with zero attached hydrogens (tertiary/aromatic N) is 3. The molecule has 4 rings (SSSR count). The van der Waals surface area contributed by atoms with Crippen molar-refractivity contribution in [2.75, 3.05) is 6.54 Å². The summed E-state index contributed by atoms with van der Waals surface area (Å²) in [4.78, 5) is 38.7. The van der Waals surface area contributed by atoms with E-state index in [9.17, 15) is 14.4 Å². The van der Waals surface area contributed by atoms with Crippen molar-refractivity contribution in [3.05, 3.63) is 17.5 Å². The third-order valence-corrected chi connectivity index (χ3v) is 6.21. The lowest BCUT2D eigenvalue weighted by molar-refractivity contribution is -0.140. The molecule has 2 heterocycles. The SMILES string of the molecule is Cn1ncc2c1CCCC2NC(=O)CCN1C(=O)C2CCCCC2C1=O. The molecule has 3 unspecified atom stereocenters. The molecule has 140 valence electrons. The van der Waals surface area contributed by atoms with Crippen molar-refractivity contribution in [3.63, 3.8) is 0 Å². The highest BCUT2D eigenvalue weighted by Gasteiger charge is 2.47. The molecule has 1 aliphatic heterocycles. The van der Waals surface area contributed by atoms with E-state index in [4.69, 9.17) is 0 Å². The Morgan fingerprint density at radius 2 is 1.85 bits per heavy atom. The van der Waals surface area contributed by atoms with Gasteiger partial charge in [0, 0.05) is 31.3 Å². The van der Waals surface area contributed by atoms with Gasteiger partial charge in [0.15, 0.2) is 0 Å². The maximum atomic E-state index is 12.5. The maximum absolute atomic E-state index is 12.5. The van der Waals surface area contributed by atoms with Crippen LogP contribution in [0.4, 0.5) is 0 Å². The van der Waals surface area contributed by atoms with Gasteiger partial charge in [-0.05, 0) is 32.1 Å². The van der Waals surface area contributed by atoms with Crippen LogP contribution in [-0.4, -0.2) is 38.9 Å².